The largest absolute Gasteiger partial charge is 0.499 e. The molecule has 0 aromatic carbocycles. The maximum Gasteiger partial charge on any atom is 0.119 e. The van der Waals surface area contributed by atoms with Crippen molar-refractivity contribution in [1.82, 2.24) is 4.90 Å². The minimum absolute atomic E-state index is 0.846. The fraction of sp³-hybridized carbons (Fsp3) is 0.533. The third-order valence-corrected chi connectivity index (χ3v) is 2.16. The second-order valence-electron chi connectivity index (χ2n) is 3.14. The molecule has 18 heavy (non-hydrogen) atoms. The zero-order chi connectivity index (χ0) is 14.7. The molecular formula is C15H28N2O. The molecule has 0 aromatic heterocycles. The first kappa shape index (κ1) is 18.8. The molecule has 0 aliphatic carbocycles. The van der Waals surface area contributed by atoms with Crippen LogP contribution in [0.2, 0.25) is 0 Å². The topological polar surface area (TPSA) is 24.8 Å². The Bertz CT molecular complexity index is 338. The summed E-state index contributed by atoms with van der Waals surface area (Å²) in [7, 11) is 3.43. The van der Waals surface area contributed by atoms with Crippen LogP contribution in [0.3, 0.4) is 0 Å². The lowest BCUT2D eigenvalue weighted by molar-refractivity contribution is 0.283. The standard InChI is InChI=1S/C11H16N2O.2C2H6/c1-8(2)13-7-6-10(12-4)11(13)9(3)14-5;2*1-2/h6-7H,1H2,2-5H3;2*1-2H3/b11-9-,12-10?;;. The highest BCUT2D eigenvalue weighted by Crippen LogP contribution is 2.24. The van der Waals surface area contributed by atoms with Gasteiger partial charge in [0.1, 0.15) is 11.5 Å². The van der Waals surface area contributed by atoms with Gasteiger partial charge in [0.15, 0.2) is 0 Å². The van der Waals surface area contributed by atoms with Crippen LogP contribution < -0.4 is 0 Å². The summed E-state index contributed by atoms with van der Waals surface area (Å²) in [5, 5.41) is 0. The number of ether oxygens (including phenoxy) is 1. The van der Waals surface area contributed by atoms with E-state index in [-0.39, 0.29) is 0 Å². The highest BCUT2D eigenvalue weighted by molar-refractivity contribution is 6.10. The first-order valence-electron chi connectivity index (χ1n) is 6.46. The average Bonchev–Trinajstić information content (AvgIpc) is 2.86. The smallest absolute Gasteiger partial charge is 0.119 e. The Kier molecular flexibility index (Phi) is 11.1. The van der Waals surface area contributed by atoms with Crippen molar-refractivity contribution < 1.29 is 4.74 Å². The lowest BCUT2D eigenvalue weighted by Gasteiger charge is -2.19. The first-order valence-corrected chi connectivity index (χ1v) is 6.46. The fourth-order valence-electron chi connectivity index (χ4n) is 1.37. The Morgan fingerprint density at radius 3 is 2.06 bits per heavy atom. The van der Waals surface area contributed by atoms with Crippen molar-refractivity contribution in [2.24, 2.45) is 4.99 Å². The van der Waals surface area contributed by atoms with Crippen LogP contribution in [-0.2, 0) is 4.74 Å². The summed E-state index contributed by atoms with van der Waals surface area (Å²) in [6.07, 6.45) is 3.90. The van der Waals surface area contributed by atoms with Gasteiger partial charge in [0.25, 0.3) is 0 Å². The molecule has 1 rings (SSSR count). The van der Waals surface area contributed by atoms with Gasteiger partial charge in [-0.15, -0.1) is 0 Å². The number of nitrogens with zero attached hydrogens (tertiary/aromatic N) is 2. The second kappa shape index (κ2) is 10.6. The molecule has 0 saturated heterocycles. The van der Waals surface area contributed by atoms with Crippen LogP contribution in [-0.4, -0.2) is 24.8 Å². The zero-order valence-corrected chi connectivity index (χ0v) is 13.2. The molecule has 0 atom stereocenters. The van der Waals surface area contributed by atoms with Crippen molar-refractivity contribution >= 4 is 5.71 Å². The minimum atomic E-state index is 0.846. The lowest BCUT2D eigenvalue weighted by atomic mass is 10.2. The van der Waals surface area contributed by atoms with Gasteiger partial charge in [-0.1, -0.05) is 34.3 Å². The Labute approximate surface area is 113 Å². The third-order valence-electron chi connectivity index (χ3n) is 2.16. The number of methoxy groups -OCH3 is 1. The highest BCUT2D eigenvalue weighted by Gasteiger charge is 2.21. The van der Waals surface area contributed by atoms with Gasteiger partial charge in [-0.3, -0.25) is 4.99 Å². The molecule has 1 heterocycles. The normalized spacial score (nSPS) is 17.6. The van der Waals surface area contributed by atoms with Crippen LogP contribution >= 0.6 is 0 Å². The first-order chi connectivity index (χ1) is 8.61. The second-order valence-corrected chi connectivity index (χ2v) is 3.14. The van der Waals surface area contributed by atoms with Crippen LogP contribution in [0.5, 0.6) is 0 Å². The van der Waals surface area contributed by atoms with Crippen molar-refractivity contribution in [3.05, 3.63) is 36.0 Å². The molecule has 0 spiro atoms. The summed E-state index contributed by atoms with van der Waals surface area (Å²) in [4.78, 5) is 6.15. The molecule has 1 aliphatic rings. The van der Waals surface area contributed by atoms with E-state index in [0.717, 1.165) is 22.9 Å². The number of rotatable bonds is 2. The zero-order valence-electron chi connectivity index (χ0n) is 13.2. The summed E-state index contributed by atoms with van der Waals surface area (Å²) in [6, 6.07) is 0. The van der Waals surface area contributed by atoms with Gasteiger partial charge < -0.3 is 9.64 Å². The molecule has 0 unspecified atom stereocenters. The van der Waals surface area contributed by atoms with Gasteiger partial charge in [-0.05, 0) is 19.9 Å². The SMILES string of the molecule is C=C(C)N1C=CC(=NC)/C1=C(\C)OC.CC.CC. The third kappa shape index (κ3) is 4.78. The van der Waals surface area contributed by atoms with Crippen molar-refractivity contribution in [3.8, 4) is 0 Å². The van der Waals surface area contributed by atoms with Gasteiger partial charge in [0.05, 0.1) is 12.8 Å². The van der Waals surface area contributed by atoms with Crippen LogP contribution in [0.1, 0.15) is 41.5 Å². The van der Waals surface area contributed by atoms with Crippen LogP contribution in [0.15, 0.2) is 41.0 Å². The molecule has 0 radical (unpaired) electrons. The van der Waals surface area contributed by atoms with Crippen LogP contribution in [0.4, 0.5) is 0 Å². The number of allylic oxidation sites excluding steroid dienone is 3. The van der Waals surface area contributed by atoms with E-state index < -0.39 is 0 Å². The van der Waals surface area contributed by atoms with Gasteiger partial charge in [0.2, 0.25) is 0 Å². The molecule has 3 heteroatoms. The maximum absolute atomic E-state index is 5.22. The number of aliphatic imine (C=N–C) groups is 1. The van der Waals surface area contributed by atoms with E-state index in [9.17, 15) is 0 Å². The summed E-state index contributed by atoms with van der Waals surface area (Å²) in [6.45, 7) is 15.8. The maximum atomic E-state index is 5.22. The molecule has 0 bridgehead atoms. The van der Waals surface area contributed by atoms with Crippen molar-refractivity contribution in [2.75, 3.05) is 14.2 Å². The van der Waals surface area contributed by atoms with E-state index in [4.69, 9.17) is 4.74 Å². The Morgan fingerprint density at radius 1 is 1.22 bits per heavy atom. The van der Waals surface area contributed by atoms with Gasteiger partial charge in [-0.25, -0.2) is 0 Å². The van der Waals surface area contributed by atoms with Gasteiger partial charge in [0, 0.05) is 18.9 Å². The number of hydrogen-bond acceptors (Lipinski definition) is 3. The molecule has 0 saturated carbocycles. The van der Waals surface area contributed by atoms with E-state index in [2.05, 4.69) is 11.6 Å². The molecule has 0 fully saturated rings. The Balaban J connectivity index is 0. The molecule has 104 valence electrons. The molecule has 0 aromatic rings. The lowest BCUT2D eigenvalue weighted by Crippen LogP contribution is -2.16. The number of hydrogen-bond donors (Lipinski definition) is 0. The minimum Gasteiger partial charge on any atom is -0.499 e. The van der Waals surface area contributed by atoms with Gasteiger partial charge in [-0.2, -0.15) is 0 Å². The molecular weight excluding hydrogens is 224 g/mol. The quantitative estimate of drug-likeness (QED) is 0.682. The predicted molar refractivity (Wildman–Crippen MR) is 81.6 cm³/mol. The van der Waals surface area contributed by atoms with E-state index in [1.165, 1.54) is 0 Å². The van der Waals surface area contributed by atoms with E-state index in [1.54, 1.807) is 14.2 Å². The molecule has 1 aliphatic heterocycles. The van der Waals surface area contributed by atoms with Crippen LogP contribution in [0, 0.1) is 0 Å². The monoisotopic (exact) mass is 252 g/mol. The Hall–Kier alpha value is -1.51. The van der Waals surface area contributed by atoms with Crippen LogP contribution in [0.25, 0.3) is 0 Å². The fourth-order valence-corrected chi connectivity index (χ4v) is 1.37. The average molecular weight is 252 g/mol. The van der Waals surface area contributed by atoms with Crippen molar-refractivity contribution in [3.63, 3.8) is 0 Å². The van der Waals surface area contributed by atoms with E-state index >= 15 is 0 Å². The Morgan fingerprint density at radius 2 is 1.72 bits per heavy atom. The predicted octanol–water partition coefficient (Wildman–Crippen LogP) is 4.35. The summed E-state index contributed by atoms with van der Waals surface area (Å²) in [5.41, 5.74) is 2.85. The molecule has 3 nitrogen and oxygen atoms in total. The summed E-state index contributed by atoms with van der Waals surface area (Å²) < 4.78 is 5.22. The summed E-state index contributed by atoms with van der Waals surface area (Å²) >= 11 is 0. The summed E-state index contributed by atoms with van der Waals surface area (Å²) in [5.74, 6) is 0.846. The molecule has 0 N–H and O–H groups in total. The van der Waals surface area contributed by atoms with E-state index in [1.807, 2.05) is 58.7 Å². The highest BCUT2D eigenvalue weighted by atomic mass is 16.5. The van der Waals surface area contributed by atoms with Gasteiger partial charge >= 0.3 is 0 Å². The van der Waals surface area contributed by atoms with E-state index in [0.29, 0.717) is 0 Å². The van der Waals surface area contributed by atoms with Crippen molar-refractivity contribution in [2.45, 2.75) is 41.5 Å². The van der Waals surface area contributed by atoms with Crippen molar-refractivity contribution in [1.29, 1.82) is 0 Å². The molecule has 0 amide bonds.